The zero-order valence-electron chi connectivity index (χ0n) is 24.2. The van der Waals surface area contributed by atoms with Gasteiger partial charge in [-0.3, -0.25) is 9.59 Å². The lowest BCUT2D eigenvalue weighted by Gasteiger charge is -2.24. The molecule has 0 spiro atoms. The predicted octanol–water partition coefficient (Wildman–Crippen LogP) is 2.30. The summed E-state index contributed by atoms with van der Waals surface area (Å²) in [6.45, 7) is -0.0386. The number of ether oxygens (including phenoxy) is 3. The summed E-state index contributed by atoms with van der Waals surface area (Å²) in [5.41, 5.74) is 1.02. The smallest absolute Gasteiger partial charge is 0.410 e. The van der Waals surface area contributed by atoms with Gasteiger partial charge in [0, 0.05) is 19.3 Å². The van der Waals surface area contributed by atoms with Gasteiger partial charge < -0.3 is 40.2 Å². The van der Waals surface area contributed by atoms with Gasteiger partial charge in [0.1, 0.15) is 30.8 Å². The molecule has 1 aliphatic heterocycles. The average Bonchev–Trinajstić information content (AvgIpc) is 3.47. The van der Waals surface area contributed by atoms with Crippen molar-refractivity contribution in [2.24, 2.45) is 0 Å². The van der Waals surface area contributed by atoms with Gasteiger partial charge in [-0.25, -0.2) is 14.6 Å². The van der Waals surface area contributed by atoms with Crippen molar-refractivity contribution in [1.29, 1.82) is 0 Å². The van der Waals surface area contributed by atoms with Gasteiger partial charge in [-0.2, -0.15) is 0 Å². The number of carbonyl (C=O) groups is 4. The van der Waals surface area contributed by atoms with E-state index in [1.54, 1.807) is 35.4 Å². The molecule has 1 fully saturated rings. The van der Waals surface area contributed by atoms with Gasteiger partial charge >= 0.3 is 12.1 Å². The van der Waals surface area contributed by atoms with Crippen LogP contribution in [0.1, 0.15) is 22.3 Å². The highest BCUT2D eigenvalue weighted by molar-refractivity contribution is 5.99. The van der Waals surface area contributed by atoms with Gasteiger partial charge in [0.15, 0.2) is 0 Å². The monoisotopic (exact) mass is 605 g/mol. The van der Waals surface area contributed by atoms with Crippen molar-refractivity contribution in [3.05, 3.63) is 90.1 Å². The first kappa shape index (κ1) is 31.8. The summed E-state index contributed by atoms with van der Waals surface area (Å²) in [7, 11) is 1.40. The number of amides is 3. The first-order valence-electron chi connectivity index (χ1n) is 14.0. The second-order valence-electron chi connectivity index (χ2n) is 9.98. The molecular weight excluding hydrogens is 570 g/mol. The number of carboxylic acids is 1. The minimum atomic E-state index is -1.39. The van der Waals surface area contributed by atoms with Gasteiger partial charge in [0.2, 0.25) is 5.91 Å². The number of rotatable bonds is 14. The van der Waals surface area contributed by atoms with Crippen molar-refractivity contribution in [2.75, 3.05) is 38.7 Å². The van der Waals surface area contributed by atoms with Crippen LogP contribution in [0.15, 0.2) is 79.0 Å². The lowest BCUT2D eigenvalue weighted by atomic mass is 10.1. The number of likely N-dealkylation sites (tertiary alicyclic amines) is 1. The summed E-state index contributed by atoms with van der Waals surface area (Å²) in [6, 6.07) is 19.5. The lowest BCUT2D eigenvalue weighted by Crippen LogP contribution is -2.49. The number of methoxy groups -OCH3 is 1. The number of nitrogens with zero attached hydrogens (tertiary/aromatic N) is 2. The van der Waals surface area contributed by atoms with Crippen molar-refractivity contribution >= 4 is 29.7 Å². The van der Waals surface area contributed by atoms with Crippen LogP contribution in [-0.4, -0.2) is 90.4 Å². The molecule has 13 nitrogen and oxygen atoms in total. The minimum absolute atomic E-state index is 0.114. The molecule has 0 radical (unpaired) electrons. The highest BCUT2D eigenvalue weighted by atomic mass is 16.6. The molecule has 44 heavy (non-hydrogen) atoms. The topological polar surface area (TPSA) is 168 Å². The number of carbonyl (C=O) groups excluding carboxylic acids is 3. The lowest BCUT2D eigenvalue weighted by molar-refractivity contribution is -0.139. The second-order valence-corrected chi connectivity index (χ2v) is 9.98. The average molecular weight is 606 g/mol. The molecule has 3 amide bonds. The standard InChI is InChI=1S/C31H35N5O8/c1-42-26-12-6-5-11-24(26)29(38)35-25(30(39)40)17-34-28(37)20-43-23-15-22(16-33-27-13-7-8-14-32-27)36(18-23)31(41)44-19-21-9-3-2-4-10-21/h2-14,22-23,25H,15-20H2,1H3,(H,32,33)(H,34,37)(H,35,38)(H,39,40). The molecule has 4 N–H and O–H groups in total. The van der Waals surface area contributed by atoms with Crippen LogP contribution in [0.3, 0.4) is 0 Å². The number of nitrogens with one attached hydrogen (secondary N) is 3. The number of anilines is 1. The van der Waals surface area contributed by atoms with Gasteiger partial charge in [-0.15, -0.1) is 0 Å². The first-order valence-corrected chi connectivity index (χ1v) is 14.0. The van der Waals surface area contributed by atoms with Crippen LogP contribution < -0.4 is 20.7 Å². The van der Waals surface area contributed by atoms with E-state index in [4.69, 9.17) is 14.2 Å². The Morgan fingerprint density at radius 1 is 1.02 bits per heavy atom. The Balaban J connectivity index is 1.29. The largest absolute Gasteiger partial charge is 0.496 e. The Bertz CT molecular complexity index is 1410. The van der Waals surface area contributed by atoms with E-state index in [0.717, 1.165) is 5.56 Å². The molecule has 1 aliphatic rings. The summed E-state index contributed by atoms with van der Waals surface area (Å²) in [4.78, 5) is 55.8. The molecule has 232 valence electrons. The van der Waals surface area contributed by atoms with Gasteiger partial charge in [-0.05, 0) is 36.2 Å². The SMILES string of the molecule is COc1ccccc1C(=O)NC(CNC(=O)COC1CC(CNc2ccccn2)N(C(=O)OCc2ccccc2)C1)C(=O)O. The maximum Gasteiger partial charge on any atom is 0.410 e. The Kier molecular flexibility index (Phi) is 11.5. The fourth-order valence-electron chi connectivity index (χ4n) is 4.63. The third kappa shape index (κ3) is 9.16. The zero-order chi connectivity index (χ0) is 31.3. The Hall–Kier alpha value is -5.17. The highest BCUT2D eigenvalue weighted by Crippen LogP contribution is 2.23. The molecule has 3 atom stereocenters. The minimum Gasteiger partial charge on any atom is -0.496 e. The van der Waals surface area contributed by atoms with E-state index >= 15 is 0 Å². The van der Waals surface area contributed by atoms with Gasteiger partial charge in [0.05, 0.1) is 31.4 Å². The molecule has 0 saturated carbocycles. The summed E-state index contributed by atoms with van der Waals surface area (Å²) in [6.07, 6.45) is 1.11. The van der Waals surface area contributed by atoms with Crippen LogP contribution in [0.4, 0.5) is 10.6 Å². The second kappa shape index (κ2) is 15.9. The van der Waals surface area contributed by atoms with E-state index in [-0.39, 0.29) is 43.7 Å². The van der Waals surface area contributed by atoms with Crippen molar-refractivity contribution in [3.63, 3.8) is 0 Å². The Morgan fingerprint density at radius 2 is 1.77 bits per heavy atom. The van der Waals surface area contributed by atoms with Gasteiger partial charge in [-0.1, -0.05) is 48.5 Å². The van der Waals surface area contributed by atoms with Crippen LogP contribution in [0.2, 0.25) is 0 Å². The molecule has 3 aromatic rings. The number of carboxylic acid groups (broad SMARTS) is 1. The number of pyridine rings is 1. The van der Waals surface area contributed by atoms with Crippen LogP contribution in [0.5, 0.6) is 5.75 Å². The van der Waals surface area contributed by atoms with Crippen LogP contribution in [0, 0.1) is 0 Å². The summed E-state index contributed by atoms with van der Waals surface area (Å²) in [5.74, 6) is -1.61. The molecular formula is C31H35N5O8. The van der Waals surface area contributed by atoms with Crippen LogP contribution >= 0.6 is 0 Å². The summed E-state index contributed by atoms with van der Waals surface area (Å²) < 4.78 is 16.5. The Labute approximate surface area is 254 Å². The number of aliphatic carboxylic acids is 1. The molecule has 1 aromatic heterocycles. The summed E-state index contributed by atoms with van der Waals surface area (Å²) >= 11 is 0. The molecule has 0 aliphatic carbocycles. The molecule has 0 bridgehead atoms. The first-order chi connectivity index (χ1) is 21.3. The number of hydrogen-bond acceptors (Lipinski definition) is 9. The van der Waals surface area contributed by atoms with Crippen molar-refractivity contribution < 1.29 is 38.5 Å². The van der Waals surface area contributed by atoms with Crippen LogP contribution in [0.25, 0.3) is 0 Å². The number of aromatic nitrogens is 1. The van der Waals surface area contributed by atoms with E-state index in [0.29, 0.717) is 18.8 Å². The van der Waals surface area contributed by atoms with E-state index < -0.39 is 36.0 Å². The fraction of sp³-hybridized carbons (Fsp3) is 0.323. The predicted molar refractivity (Wildman–Crippen MR) is 159 cm³/mol. The molecule has 13 heteroatoms. The quantitative estimate of drug-likeness (QED) is 0.214. The molecule has 3 unspecified atom stereocenters. The molecule has 2 aromatic carbocycles. The maximum absolute atomic E-state index is 13.0. The van der Waals surface area contributed by atoms with Crippen molar-refractivity contribution in [2.45, 2.75) is 31.2 Å². The third-order valence-electron chi connectivity index (χ3n) is 6.91. The molecule has 1 saturated heterocycles. The van der Waals surface area contributed by atoms with Crippen LogP contribution in [-0.2, 0) is 25.7 Å². The summed E-state index contributed by atoms with van der Waals surface area (Å²) in [5, 5.41) is 17.7. The normalized spacial score (nSPS) is 16.4. The molecule has 2 heterocycles. The fourth-order valence-corrected chi connectivity index (χ4v) is 4.63. The third-order valence-corrected chi connectivity index (χ3v) is 6.91. The molecule has 4 rings (SSSR count). The van der Waals surface area contributed by atoms with Crippen molar-refractivity contribution in [3.8, 4) is 5.75 Å². The van der Waals surface area contributed by atoms with Crippen molar-refractivity contribution in [1.82, 2.24) is 20.5 Å². The van der Waals surface area contributed by atoms with E-state index in [1.165, 1.54) is 13.2 Å². The number of para-hydroxylation sites is 1. The Morgan fingerprint density at radius 3 is 2.50 bits per heavy atom. The maximum atomic E-state index is 13.0. The number of hydrogen-bond donors (Lipinski definition) is 4. The van der Waals surface area contributed by atoms with Gasteiger partial charge in [0.25, 0.3) is 5.91 Å². The highest BCUT2D eigenvalue weighted by Gasteiger charge is 2.37. The van der Waals surface area contributed by atoms with E-state index in [9.17, 15) is 24.3 Å². The van der Waals surface area contributed by atoms with E-state index in [2.05, 4.69) is 20.9 Å². The van der Waals surface area contributed by atoms with E-state index in [1.807, 2.05) is 42.5 Å². The number of benzene rings is 2. The zero-order valence-corrected chi connectivity index (χ0v) is 24.2.